The predicted octanol–water partition coefficient (Wildman–Crippen LogP) is 3.52. The molecule has 1 aliphatic rings. The molecule has 1 nitrogen and oxygen atoms in total. The van der Waals surface area contributed by atoms with Crippen LogP contribution in [0.1, 0.15) is 22.3 Å². The molecule has 19 heavy (non-hydrogen) atoms. The monoisotopic (exact) mass is 248 g/mol. The Balaban J connectivity index is 1.82. The minimum atomic E-state index is 0.241. The van der Waals surface area contributed by atoms with Gasteiger partial charge in [-0.15, -0.1) is 0 Å². The smallest absolute Gasteiger partial charge is 0.324 e. The molecule has 0 aromatic heterocycles. The summed E-state index contributed by atoms with van der Waals surface area (Å²) in [4.78, 5) is 0. The number of aryl methyl sites for hydroxylation is 1. The van der Waals surface area contributed by atoms with E-state index in [1.54, 1.807) is 0 Å². The van der Waals surface area contributed by atoms with Crippen molar-refractivity contribution in [3.8, 4) is 0 Å². The molecule has 0 radical (unpaired) electrons. The lowest BCUT2D eigenvalue weighted by molar-refractivity contribution is 0.333. The first-order valence-corrected chi connectivity index (χ1v) is 6.71. The molecule has 94 valence electrons. The van der Waals surface area contributed by atoms with Gasteiger partial charge in [0.2, 0.25) is 0 Å². The molecule has 2 heteroatoms. The third-order valence-electron chi connectivity index (χ3n) is 3.64. The van der Waals surface area contributed by atoms with Crippen LogP contribution in [-0.4, -0.2) is 6.92 Å². The SMILES string of the molecule is CB1OCc2cc(/C=C/c3ccc(C)cc3)ccc21. The van der Waals surface area contributed by atoms with Crippen LogP contribution in [0.3, 0.4) is 0 Å². The Morgan fingerprint density at radius 3 is 2.47 bits per heavy atom. The standard InChI is InChI=1S/C17H17BO/c1-13-3-5-14(6-4-13)7-8-15-9-10-17-16(11-15)12-19-18(17)2/h3-11H,12H2,1-2H3/b8-7+. The zero-order valence-corrected chi connectivity index (χ0v) is 11.4. The second kappa shape index (κ2) is 5.06. The zero-order valence-electron chi connectivity index (χ0n) is 11.4. The second-order valence-electron chi connectivity index (χ2n) is 5.16. The van der Waals surface area contributed by atoms with E-state index in [-0.39, 0.29) is 6.92 Å². The fourth-order valence-electron chi connectivity index (χ4n) is 2.43. The Morgan fingerprint density at radius 1 is 1.00 bits per heavy atom. The van der Waals surface area contributed by atoms with E-state index in [9.17, 15) is 0 Å². The van der Waals surface area contributed by atoms with E-state index in [1.165, 1.54) is 27.7 Å². The lowest BCUT2D eigenvalue weighted by Gasteiger charge is -2.01. The van der Waals surface area contributed by atoms with Crippen molar-refractivity contribution in [3.05, 3.63) is 64.7 Å². The van der Waals surface area contributed by atoms with E-state index in [4.69, 9.17) is 4.65 Å². The van der Waals surface area contributed by atoms with Gasteiger partial charge < -0.3 is 4.65 Å². The van der Waals surface area contributed by atoms with Gasteiger partial charge in [0, 0.05) is 0 Å². The fraction of sp³-hybridized carbons (Fsp3) is 0.176. The first-order valence-electron chi connectivity index (χ1n) is 6.71. The first kappa shape index (κ1) is 12.2. The number of fused-ring (bicyclic) bond motifs is 1. The average Bonchev–Trinajstić information content (AvgIpc) is 2.79. The molecular weight excluding hydrogens is 231 g/mol. The number of benzene rings is 2. The van der Waals surface area contributed by atoms with Gasteiger partial charge in [-0.1, -0.05) is 60.9 Å². The maximum absolute atomic E-state index is 5.63. The molecule has 0 atom stereocenters. The van der Waals surface area contributed by atoms with Crippen molar-refractivity contribution in [2.75, 3.05) is 0 Å². The maximum Gasteiger partial charge on any atom is 0.324 e. The highest BCUT2D eigenvalue weighted by Crippen LogP contribution is 2.15. The van der Waals surface area contributed by atoms with Crippen molar-refractivity contribution in [2.45, 2.75) is 20.4 Å². The molecule has 0 bridgehead atoms. The van der Waals surface area contributed by atoms with Crippen molar-refractivity contribution in [1.29, 1.82) is 0 Å². The number of hydrogen-bond donors (Lipinski definition) is 0. The summed E-state index contributed by atoms with van der Waals surface area (Å²) in [7, 11) is 0. The molecule has 1 heterocycles. The number of hydrogen-bond acceptors (Lipinski definition) is 1. The lowest BCUT2D eigenvalue weighted by Crippen LogP contribution is -2.23. The van der Waals surface area contributed by atoms with E-state index >= 15 is 0 Å². The van der Waals surface area contributed by atoms with Crippen LogP contribution in [0.2, 0.25) is 6.82 Å². The molecule has 3 rings (SSSR count). The molecular formula is C17H17BO. The summed E-state index contributed by atoms with van der Waals surface area (Å²) >= 11 is 0. The van der Waals surface area contributed by atoms with Crippen LogP contribution in [0.25, 0.3) is 12.2 Å². The van der Waals surface area contributed by atoms with Crippen molar-refractivity contribution in [3.63, 3.8) is 0 Å². The van der Waals surface area contributed by atoms with E-state index in [1.807, 2.05) is 0 Å². The van der Waals surface area contributed by atoms with Crippen LogP contribution in [0.5, 0.6) is 0 Å². The van der Waals surface area contributed by atoms with Gasteiger partial charge in [0.1, 0.15) is 0 Å². The van der Waals surface area contributed by atoms with Gasteiger partial charge in [-0.25, -0.2) is 0 Å². The molecule has 0 unspecified atom stereocenters. The summed E-state index contributed by atoms with van der Waals surface area (Å²) < 4.78 is 5.63. The molecule has 2 aromatic rings. The van der Waals surface area contributed by atoms with Crippen molar-refractivity contribution in [2.24, 2.45) is 0 Å². The van der Waals surface area contributed by atoms with Gasteiger partial charge >= 0.3 is 6.92 Å². The molecule has 1 aliphatic heterocycles. The summed E-state index contributed by atoms with van der Waals surface area (Å²) in [5, 5.41) is 0. The summed E-state index contributed by atoms with van der Waals surface area (Å²) in [6.45, 7) is 5.19. The molecule has 0 fully saturated rings. The van der Waals surface area contributed by atoms with E-state index in [2.05, 4.69) is 68.4 Å². The third-order valence-corrected chi connectivity index (χ3v) is 3.64. The van der Waals surface area contributed by atoms with Crippen molar-refractivity contribution in [1.82, 2.24) is 0 Å². The van der Waals surface area contributed by atoms with Gasteiger partial charge in [-0.3, -0.25) is 0 Å². The molecule has 0 spiro atoms. The minimum Gasteiger partial charge on any atom is -0.427 e. The summed E-state index contributed by atoms with van der Waals surface area (Å²) in [6, 6.07) is 15.1. The predicted molar refractivity (Wildman–Crippen MR) is 82.6 cm³/mol. The van der Waals surface area contributed by atoms with Gasteiger partial charge in [-0.2, -0.15) is 0 Å². The van der Waals surface area contributed by atoms with Crippen LogP contribution in [0, 0.1) is 6.92 Å². The van der Waals surface area contributed by atoms with Crippen LogP contribution >= 0.6 is 0 Å². The van der Waals surface area contributed by atoms with E-state index in [0.717, 1.165) is 6.61 Å². The van der Waals surface area contributed by atoms with Crippen LogP contribution in [0.15, 0.2) is 42.5 Å². The van der Waals surface area contributed by atoms with Crippen molar-refractivity contribution < 1.29 is 4.65 Å². The Hall–Kier alpha value is -1.80. The normalized spacial score (nSPS) is 14.1. The summed E-state index contributed by atoms with van der Waals surface area (Å²) in [5.41, 5.74) is 6.40. The Labute approximate surface area is 115 Å². The van der Waals surface area contributed by atoms with Crippen LogP contribution in [-0.2, 0) is 11.3 Å². The largest absolute Gasteiger partial charge is 0.427 e. The lowest BCUT2D eigenvalue weighted by atomic mass is 9.64. The average molecular weight is 248 g/mol. The fourth-order valence-corrected chi connectivity index (χ4v) is 2.43. The van der Waals surface area contributed by atoms with Gasteiger partial charge in [0.15, 0.2) is 0 Å². The van der Waals surface area contributed by atoms with Gasteiger partial charge in [0.05, 0.1) is 6.61 Å². The highest BCUT2D eigenvalue weighted by atomic mass is 16.4. The topological polar surface area (TPSA) is 9.23 Å². The Bertz CT molecular complexity index is 614. The molecule has 0 saturated carbocycles. The van der Waals surface area contributed by atoms with E-state index < -0.39 is 0 Å². The molecule has 0 aliphatic carbocycles. The van der Waals surface area contributed by atoms with Crippen molar-refractivity contribution >= 4 is 24.5 Å². The number of rotatable bonds is 2. The van der Waals surface area contributed by atoms with Gasteiger partial charge in [-0.05, 0) is 35.1 Å². The second-order valence-corrected chi connectivity index (χ2v) is 5.16. The zero-order chi connectivity index (χ0) is 13.2. The molecule has 0 amide bonds. The third kappa shape index (κ3) is 2.64. The quantitative estimate of drug-likeness (QED) is 0.583. The highest BCUT2D eigenvalue weighted by molar-refractivity contribution is 6.67. The van der Waals surface area contributed by atoms with Gasteiger partial charge in [0.25, 0.3) is 0 Å². The molecule has 0 N–H and O–H groups in total. The summed E-state index contributed by atoms with van der Waals surface area (Å²) in [6.07, 6.45) is 4.31. The Kier molecular flexibility index (Phi) is 3.26. The molecule has 2 aromatic carbocycles. The van der Waals surface area contributed by atoms with Crippen LogP contribution < -0.4 is 5.46 Å². The Morgan fingerprint density at radius 2 is 1.68 bits per heavy atom. The highest BCUT2D eigenvalue weighted by Gasteiger charge is 2.22. The minimum absolute atomic E-state index is 0.241. The molecule has 0 saturated heterocycles. The van der Waals surface area contributed by atoms with E-state index in [0.29, 0.717) is 0 Å². The van der Waals surface area contributed by atoms with Crippen LogP contribution in [0.4, 0.5) is 0 Å². The maximum atomic E-state index is 5.63. The first-order chi connectivity index (χ1) is 9.22. The summed E-state index contributed by atoms with van der Waals surface area (Å²) in [5.74, 6) is 0.